The number of benzene rings is 3. The van der Waals surface area contributed by atoms with Crippen LogP contribution >= 0.6 is 15.9 Å². The normalized spacial score (nSPS) is 13.6. The molecule has 0 unspecified atom stereocenters. The number of nitrogens with one attached hydrogen (secondary N) is 1. The molecule has 0 saturated carbocycles. The Hall–Kier alpha value is -2.64. The minimum Gasteiger partial charge on any atom is -0.326 e. The second-order valence-corrected chi connectivity index (χ2v) is 9.96. The monoisotopic (exact) mass is 484 g/mol. The van der Waals surface area contributed by atoms with E-state index in [1.807, 2.05) is 48.5 Å². The van der Waals surface area contributed by atoms with Crippen LogP contribution in [-0.4, -0.2) is 20.9 Å². The Morgan fingerprint density at radius 2 is 1.67 bits per heavy atom. The summed E-state index contributed by atoms with van der Waals surface area (Å²) in [6.45, 7) is 0.463. The number of carbonyl (C=O) groups excluding carboxylic acids is 1. The molecule has 1 aliphatic heterocycles. The third-order valence-electron chi connectivity index (χ3n) is 5.07. The van der Waals surface area contributed by atoms with Crippen molar-refractivity contribution >= 4 is 43.2 Å². The summed E-state index contributed by atoms with van der Waals surface area (Å²) in [5.74, 6) is -0.155. The third-order valence-corrected chi connectivity index (χ3v) is 7.43. The summed E-state index contributed by atoms with van der Waals surface area (Å²) in [6.07, 6.45) is 1.92. The zero-order chi connectivity index (χ0) is 21.1. The summed E-state index contributed by atoms with van der Waals surface area (Å²) in [6, 6.07) is 21.5. The van der Waals surface area contributed by atoms with Crippen LogP contribution in [0.1, 0.15) is 17.5 Å². The van der Waals surface area contributed by atoms with Crippen molar-refractivity contribution in [2.24, 2.45) is 0 Å². The van der Waals surface area contributed by atoms with Crippen LogP contribution in [0.5, 0.6) is 0 Å². The van der Waals surface area contributed by atoms with E-state index in [4.69, 9.17) is 0 Å². The molecule has 0 atom stereocenters. The molecule has 154 valence electrons. The lowest BCUT2D eigenvalue weighted by molar-refractivity contribution is -0.115. The Kier molecular flexibility index (Phi) is 5.92. The van der Waals surface area contributed by atoms with E-state index in [1.165, 1.54) is 4.31 Å². The van der Waals surface area contributed by atoms with E-state index in [2.05, 4.69) is 21.2 Å². The lowest BCUT2D eigenvalue weighted by Gasteiger charge is -2.30. The minimum absolute atomic E-state index is 0.155. The molecule has 1 N–H and O–H groups in total. The Labute approximate surface area is 184 Å². The Morgan fingerprint density at radius 3 is 2.40 bits per heavy atom. The first-order chi connectivity index (χ1) is 14.4. The van der Waals surface area contributed by atoms with Gasteiger partial charge in [-0.15, -0.1) is 0 Å². The number of hydrogen-bond donors (Lipinski definition) is 1. The van der Waals surface area contributed by atoms with Gasteiger partial charge in [0.2, 0.25) is 5.91 Å². The van der Waals surface area contributed by atoms with Crippen LogP contribution in [0, 0.1) is 0 Å². The summed E-state index contributed by atoms with van der Waals surface area (Å²) in [5, 5.41) is 2.82. The Morgan fingerprint density at radius 1 is 0.967 bits per heavy atom. The molecule has 0 radical (unpaired) electrons. The van der Waals surface area contributed by atoms with Crippen LogP contribution in [0.25, 0.3) is 0 Å². The molecule has 0 aromatic heterocycles. The number of para-hydroxylation sites is 1. The number of nitrogens with zero attached hydrogens (tertiary/aromatic N) is 1. The van der Waals surface area contributed by atoms with Crippen LogP contribution in [-0.2, 0) is 27.7 Å². The van der Waals surface area contributed by atoms with Gasteiger partial charge in [-0.2, -0.15) is 0 Å². The molecule has 0 spiro atoms. The molecule has 1 heterocycles. The zero-order valence-electron chi connectivity index (χ0n) is 16.2. The maximum Gasteiger partial charge on any atom is 0.264 e. The van der Waals surface area contributed by atoms with Crippen molar-refractivity contribution in [1.29, 1.82) is 0 Å². The van der Waals surface area contributed by atoms with Gasteiger partial charge in [-0.05, 0) is 66.4 Å². The molecule has 7 heteroatoms. The predicted molar refractivity (Wildman–Crippen MR) is 122 cm³/mol. The first-order valence-corrected chi connectivity index (χ1v) is 11.9. The van der Waals surface area contributed by atoms with Crippen molar-refractivity contribution in [2.45, 2.75) is 24.2 Å². The van der Waals surface area contributed by atoms with Gasteiger partial charge in [-0.3, -0.25) is 9.10 Å². The van der Waals surface area contributed by atoms with Gasteiger partial charge in [0, 0.05) is 16.7 Å². The molecule has 4 rings (SSSR count). The van der Waals surface area contributed by atoms with Crippen LogP contribution in [0.4, 0.5) is 11.4 Å². The van der Waals surface area contributed by atoms with Gasteiger partial charge in [-0.25, -0.2) is 8.42 Å². The average Bonchev–Trinajstić information content (AvgIpc) is 2.75. The molecule has 5 nitrogen and oxygen atoms in total. The van der Waals surface area contributed by atoms with Crippen molar-refractivity contribution in [2.75, 3.05) is 16.2 Å². The van der Waals surface area contributed by atoms with Crippen molar-refractivity contribution in [3.05, 3.63) is 88.4 Å². The highest BCUT2D eigenvalue weighted by Crippen LogP contribution is 2.32. The van der Waals surface area contributed by atoms with Crippen molar-refractivity contribution < 1.29 is 13.2 Å². The van der Waals surface area contributed by atoms with E-state index < -0.39 is 10.0 Å². The molecular weight excluding hydrogens is 464 g/mol. The predicted octanol–water partition coefficient (Wildman–Crippen LogP) is 4.77. The highest BCUT2D eigenvalue weighted by molar-refractivity contribution is 9.10. The quantitative estimate of drug-likeness (QED) is 0.566. The molecule has 1 amide bonds. The lowest BCUT2D eigenvalue weighted by atomic mass is 10.0. The number of rotatable bonds is 5. The number of hydrogen-bond acceptors (Lipinski definition) is 3. The van der Waals surface area contributed by atoms with Crippen molar-refractivity contribution in [3.63, 3.8) is 0 Å². The molecule has 3 aromatic rings. The Bertz CT molecular complexity index is 1160. The van der Waals surface area contributed by atoms with Gasteiger partial charge in [-0.1, -0.05) is 46.3 Å². The van der Waals surface area contributed by atoms with Crippen LogP contribution in [0.3, 0.4) is 0 Å². The number of carbonyl (C=O) groups is 1. The molecule has 0 aliphatic carbocycles. The Balaban J connectivity index is 1.48. The molecule has 0 bridgehead atoms. The van der Waals surface area contributed by atoms with Crippen LogP contribution in [0.2, 0.25) is 0 Å². The molecule has 0 saturated heterocycles. The van der Waals surface area contributed by atoms with Crippen molar-refractivity contribution in [1.82, 2.24) is 0 Å². The van der Waals surface area contributed by atoms with Gasteiger partial charge in [0.1, 0.15) is 0 Å². The number of anilines is 2. The lowest BCUT2D eigenvalue weighted by Crippen LogP contribution is -2.35. The first kappa shape index (κ1) is 20.6. The zero-order valence-corrected chi connectivity index (χ0v) is 18.6. The molecular formula is C23H21BrN2O3S. The van der Waals surface area contributed by atoms with Gasteiger partial charge < -0.3 is 5.32 Å². The number of aryl methyl sites for hydroxylation is 1. The van der Waals surface area contributed by atoms with E-state index in [0.717, 1.165) is 34.1 Å². The average molecular weight is 485 g/mol. The standard InChI is InChI=1S/C23H21BrN2O3S/c24-19-9-7-17(8-10-19)16-23(27)25-20-11-13-21(14-12-20)30(28,29)26-15-3-5-18-4-1-2-6-22(18)26/h1-2,4,6-14H,3,5,15-16H2,(H,25,27). The maximum absolute atomic E-state index is 13.2. The number of amides is 1. The largest absolute Gasteiger partial charge is 0.326 e. The third kappa shape index (κ3) is 4.42. The van der Waals surface area contributed by atoms with Gasteiger partial charge in [0.15, 0.2) is 0 Å². The van der Waals surface area contributed by atoms with E-state index in [-0.39, 0.29) is 17.2 Å². The highest BCUT2D eigenvalue weighted by atomic mass is 79.9. The summed E-state index contributed by atoms with van der Waals surface area (Å²) in [5.41, 5.74) is 3.26. The van der Waals surface area contributed by atoms with E-state index in [1.54, 1.807) is 24.3 Å². The fraction of sp³-hybridized carbons (Fsp3) is 0.174. The topological polar surface area (TPSA) is 66.5 Å². The maximum atomic E-state index is 13.2. The second-order valence-electron chi connectivity index (χ2n) is 7.19. The van der Waals surface area contributed by atoms with Crippen molar-refractivity contribution in [3.8, 4) is 0 Å². The second kappa shape index (κ2) is 8.62. The fourth-order valence-electron chi connectivity index (χ4n) is 3.58. The fourth-order valence-corrected chi connectivity index (χ4v) is 5.38. The minimum atomic E-state index is -3.66. The van der Waals surface area contributed by atoms with E-state index in [0.29, 0.717) is 12.2 Å². The summed E-state index contributed by atoms with van der Waals surface area (Å²) in [7, 11) is -3.66. The SMILES string of the molecule is O=C(Cc1ccc(Br)cc1)Nc1ccc(S(=O)(=O)N2CCCc3ccccc32)cc1. The molecule has 1 aliphatic rings. The number of halogens is 1. The van der Waals surface area contributed by atoms with Crippen LogP contribution in [0.15, 0.2) is 82.2 Å². The molecule has 30 heavy (non-hydrogen) atoms. The summed E-state index contributed by atoms with van der Waals surface area (Å²) in [4.78, 5) is 12.5. The van der Waals surface area contributed by atoms with E-state index in [9.17, 15) is 13.2 Å². The molecule has 0 fully saturated rings. The summed E-state index contributed by atoms with van der Waals surface area (Å²) >= 11 is 3.37. The van der Waals surface area contributed by atoms with Gasteiger partial charge >= 0.3 is 0 Å². The number of fused-ring (bicyclic) bond motifs is 1. The first-order valence-electron chi connectivity index (χ1n) is 9.68. The molecule has 3 aromatic carbocycles. The summed E-state index contributed by atoms with van der Waals surface area (Å²) < 4.78 is 28.8. The smallest absolute Gasteiger partial charge is 0.264 e. The van der Waals surface area contributed by atoms with Crippen LogP contribution < -0.4 is 9.62 Å². The van der Waals surface area contributed by atoms with Gasteiger partial charge in [0.05, 0.1) is 17.0 Å². The highest BCUT2D eigenvalue weighted by Gasteiger charge is 2.28. The van der Waals surface area contributed by atoms with Gasteiger partial charge in [0.25, 0.3) is 10.0 Å². The van der Waals surface area contributed by atoms with E-state index >= 15 is 0 Å². The number of sulfonamides is 1.